The summed E-state index contributed by atoms with van der Waals surface area (Å²) in [6.07, 6.45) is 4.70. The number of rotatable bonds is 3. The van der Waals surface area contributed by atoms with Crippen molar-refractivity contribution >= 4 is 27.1 Å². The number of pyridine rings is 1. The van der Waals surface area contributed by atoms with Crippen LogP contribution in [-0.2, 0) is 16.3 Å². The van der Waals surface area contributed by atoms with Gasteiger partial charge in [0.15, 0.2) is 9.84 Å². The predicted octanol–water partition coefficient (Wildman–Crippen LogP) is 1.69. The van der Waals surface area contributed by atoms with E-state index in [0.717, 1.165) is 24.3 Å². The van der Waals surface area contributed by atoms with Gasteiger partial charge in [0.2, 0.25) is 0 Å². The molecule has 130 valence electrons. The molecule has 2 aliphatic heterocycles. The average Bonchev–Trinajstić information content (AvgIpc) is 3.18. The summed E-state index contributed by atoms with van der Waals surface area (Å²) in [5.74, 6) is -0.115. The largest absolute Gasteiger partial charge is 0.348 e. The zero-order valence-electron chi connectivity index (χ0n) is 13.7. The number of aromatic nitrogens is 1. The van der Waals surface area contributed by atoms with Gasteiger partial charge in [0.1, 0.15) is 0 Å². The number of hydrogen-bond donors (Lipinski definition) is 1. The Labute approximate surface area is 146 Å². The third-order valence-electron chi connectivity index (χ3n) is 4.75. The molecule has 2 aromatic rings. The summed E-state index contributed by atoms with van der Waals surface area (Å²) in [6.45, 7) is 0.854. The molecule has 0 aliphatic carbocycles. The van der Waals surface area contributed by atoms with E-state index in [4.69, 9.17) is 0 Å². The Bertz CT molecular complexity index is 927. The van der Waals surface area contributed by atoms with Gasteiger partial charge in [-0.1, -0.05) is 18.2 Å². The zero-order valence-corrected chi connectivity index (χ0v) is 14.5. The molecule has 0 bridgehead atoms. The Balaban J connectivity index is 1.53. The molecule has 1 amide bonds. The maximum atomic E-state index is 12.5. The number of anilines is 2. The number of amides is 1. The molecule has 0 saturated carbocycles. The van der Waals surface area contributed by atoms with Crippen LogP contribution in [0.25, 0.3) is 0 Å². The second-order valence-corrected chi connectivity index (χ2v) is 8.76. The Morgan fingerprint density at radius 3 is 2.88 bits per heavy atom. The molecule has 1 aromatic carbocycles. The monoisotopic (exact) mass is 357 g/mol. The molecule has 4 rings (SSSR count). The number of benzene rings is 1. The van der Waals surface area contributed by atoms with Gasteiger partial charge in [-0.05, 0) is 30.5 Å². The van der Waals surface area contributed by atoms with Crippen LogP contribution in [0.5, 0.6) is 0 Å². The van der Waals surface area contributed by atoms with Crippen LogP contribution < -0.4 is 10.2 Å². The smallest absolute Gasteiger partial charge is 0.253 e. The van der Waals surface area contributed by atoms with Gasteiger partial charge >= 0.3 is 0 Å². The lowest BCUT2D eigenvalue weighted by atomic mass is 10.1. The number of hydrogen-bond acceptors (Lipinski definition) is 5. The van der Waals surface area contributed by atoms with E-state index in [1.807, 2.05) is 18.2 Å². The number of nitrogens with zero attached hydrogens (tertiary/aromatic N) is 2. The van der Waals surface area contributed by atoms with Gasteiger partial charge in [-0.3, -0.25) is 9.78 Å². The number of nitrogens with one attached hydrogen (secondary N) is 1. The van der Waals surface area contributed by atoms with E-state index in [1.165, 1.54) is 11.8 Å². The van der Waals surface area contributed by atoms with E-state index < -0.39 is 9.84 Å². The third kappa shape index (κ3) is 3.24. The van der Waals surface area contributed by atoms with Crippen LogP contribution >= 0.6 is 0 Å². The third-order valence-corrected chi connectivity index (χ3v) is 6.52. The van der Waals surface area contributed by atoms with E-state index in [2.05, 4.69) is 27.3 Å². The van der Waals surface area contributed by atoms with E-state index in [-0.39, 0.29) is 23.5 Å². The van der Waals surface area contributed by atoms with Crippen LogP contribution in [0.2, 0.25) is 0 Å². The number of fused-ring (bicyclic) bond motifs is 1. The van der Waals surface area contributed by atoms with Crippen molar-refractivity contribution in [3.63, 3.8) is 0 Å². The summed E-state index contributed by atoms with van der Waals surface area (Å²) in [4.78, 5) is 18.8. The lowest BCUT2D eigenvalue weighted by Crippen LogP contribution is -2.35. The van der Waals surface area contributed by atoms with Gasteiger partial charge < -0.3 is 10.2 Å². The highest BCUT2D eigenvalue weighted by Gasteiger charge is 2.29. The van der Waals surface area contributed by atoms with Crippen LogP contribution in [-0.4, -0.2) is 43.4 Å². The Morgan fingerprint density at radius 2 is 2.08 bits per heavy atom. The standard InChI is InChI=1S/C18H19N3O3S/c22-18(20-15-6-8-25(23,24)12-15)14-9-16(11-19-10-14)21-7-5-13-3-1-2-4-17(13)21/h1-4,9-11,15H,5-8,12H2,(H,20,22). The van der Waals surface area contributed by atoms with E-state index in [9.17, 15) is 13.2 Å². The maximum absolute atomic E-state index is 12.5. The van der Waals surface area contributed by atoms with Crippen molar-refractivity contribution in [3.05, 3.63) is 53.9 Å². The number of sulfone groups is 1. The van der Waals surface area contributed by atoms with Crippen molar-refractivity contribution in [2.24, 2.45) is 0 Å². The lowest BCUT2D eigenvalue weighted by molar-refractivity contribution is 0.0941. The molecule has 0 spiro atoms. The van der Waals surface area contributed by atoms with Gasteiger partial charge in [0, 0.05) is 24.5 Å². The molecule has 7 heteroatoms. The fraction of sp³-hybridized carbons (Fsp3) is 0.333. The predicted molar refractivity (Wildman–Crippen MR) is 95.9 cm³/mol. The average molecular weight is 357 g/mol. The maximum Gasteiger partial charge on any atom is 0.253 e. The van der Waals surface area contributed by atoms with Crippen LogP contribution in [0.4, 0.5) is 11.4 Å². The van der Waals surface area contributed by atoms with E-state index in [0.29, 0.717) is 12.0 Å². The van der Waals surface area contributed by atoms with Crippen LogP contribution in [0, 0.1) is 0 Å². The van der Waals surface area contributed by atoms with Crippen LogP contribution in [0.1, 0.15) is 22.3 Å². The van der Waals surface area contributed by atoms with Gasteiger partial charge in [-0.15, -0.1) is 0 Å². The molecule has 1 N–H and O–H groups in total. The Morgan fingerprint density at radius 1 is 1.24 bits per heavy atom. The van der Waals surface area contributed by atoms with Gasteiger partial charge in [0.05, 0.1) is 29.0 Å². The molecular weight excluding hydrogens is 338 g/mol. The van der Waals surface area contributed by atoms with Crippen molar-refractivity contribution < 1.29 is 13.2 Å². The molecule has 1 aromatic heterocycles. The molecule has 1 saturated heterocycles. The topological polar surface area (TPSA) is 79.4 Å². The van der Waals surface area contributed by atoms with Crippen LogP contribution in [0.15, 0.2) is 42.7 Å². The quantitative estimate of drug-likeness (QED) is 0.904. The van der Waals surface area contributed by atoms with Crippen LogP contribution in [0.3, 0.4) is 0 Å². The summed E-state index contributed by atoms with van der Waals surface area (Å²) in [5, 5.41) is 2.81. The first-order chi connectivity index (χ1) is 12.0. The highest BCUT2D eigenvalue weighted by Crippen LogP contribution is 2.34. The SMILES string of the molecule is O=C(NC1CCS(=O)(=O)C1)c1cncc(N2CCc3ccccc32)c1. The molecule has 2 aliphatic rings. The van der Waals surface area contributed by atoms with E-state index >= 15 is 0 Å². The molecule has 1 unspecified atom stereocenters. The van der Waals surface area contributed by atoms with Crippen molar-refractivity contribution in [1.82, 2.24) is 10.3 Å². The highest BCUT2D eigenvalue weighted by molar-refractivity contribution is 7.91. The molecule has 1 atom stereocenters. The van der Waals surface area contributed by atoms with Crippen molar-refractivity contribution in [1.29, 1.82) is 0 Å². The number of carbonyl (C=O) groups excluding carboxylic acids is 1. The highest BCUT2D eigenvalue weighted by atomic mass is 32.2. The first-order valence-corrected chi connectivity index (χ1v) is 10.2. The fourth-order valence-electron chi connectivity index (χ4n) is 3.48. The molecule has 1 fully saturated rings. The number of carbonyl (C=O) groups is 1. The second kappa shape index (κ2) is 6.15. The lowest BCUT2D eigenvalue weighted by Gasteiger charge is -2.20. The Hall–Kier alpha value is -2.41. The minimum Gasteiger partial charge on any atom is -0.348 e. The fourth-order valence-corrected chi connectivity index (χ4v) is 5.16. The van der Waals surface area contributed by atoms with E-state index in [1.54, 1.807) is 6.20 Å². The van der Waals surface area contributed by atoms with Crippen molar-refractivity contribution in [2.45, 2.75) is 18.9 Å². The van der Waals surface area contributed by atoms with Crippen molar-refractivity contribution in [2.75, 3.05) is 23.0 Å². The minimum absolute atomic E-state index is 0.0192. The van der Waals surface area contributed by atoms with Gasteiger partial charge in [-0.2, -0.15) is 0 Å². The Kier molecular flexibility index (Phi) is 3.95. The molecular formula is C18H19N3O3S. The summed E-state index contributed by atoms with van der Waals surface area (Å²) in [6, 6.07) is 9.71. The van der Waals surface area contributed by atoms with Gasteiger partial charge in [-0.25, -0.2) is 8.42 Å². The normalized spacial score (nSPS) is 21.1. The zero-order chi connectivity index (χ0) is 17.4. The molecule has 25 heavy (non-hydrogen) atoms. The first kappa shape index (κ1) is 16.1. The molecule has 6 nitrogen and oxygen atoms in total. The summed E-state index contributed by atoms with van der Waals surface area (Å²) in [5.41, 5.74) is 3.75. The van der Waals surface area contributed by atoms with Gasteiger partial charge in [0.25, 0.3) is 5.91 Å². The summed E-state index contributed by atoms with van der Waals surface area (Å²) in [7, 11) is -3.02. The summed E-state index contributed by atoms with van der Waals surface area (Å²) >= 11 is 0. The molecule has 3 heterocycles. The first-order valence-electron chi connectivity index (χ1n) is 8.34. The number of para-hydroxylation sites is 1. The minimum atomic E-state index is -3.02. The van der Waals surface area contributed by atoms with Crippen molar-refractivity contribution in [3.8, 4) is 0 Å². The summed E-state index contributed by atoms with van der Waals surface area (Å²) < 4.78 is 23.1. The second-order valence-electron chi connectivity index (χ2n) is 6.54. The molecule has 0 radical (unpaired) electrons.